The average Bonchev–Trinajstić information content (AvgIpc) is 2.48. The molecule has 0 aliphatic carbocycles. The van der Waals surface area contributed by atoms with Crippen LogP contribution in [0.15, 0.2) is 36.4 Å². The second kappa shape index (κ2) is 7.39. The van der Waals surface area contributed by atoms with Gasteiger partial charge >= 0.3 is 12.3 Å². The van der Waals surface area contributed by atoms with Gasteiger partial charge in [0.2, 0.25) is 5.88 Å². The number of hydrogen-bond acceptors (Lipinski definition) is 5. The van der Waals surface area contributed by atoms with E-state index in [2.05, 4.69) is 9.72 Å². The molecular weight excluding hydrogens is 351 g/mol. The third kappa shape index (κ3) is 5.02. The van der Waals surface area contributed by atoms with Crippen molar-refractivity contribution in [1.29, 1.82) is 0 Å². The summed E-state index contributed by atoms with van der Waals surface area (Å²) in [5.41, 5.74) is 0.0831. The van der Waals surface area contributed by atoms with E-state index in [4.69, 9.17) is 21.1 Å². The SMILES string of the molecule is CCOC(=O)c1ccc(Oc2ccc(OC(F)(F)F)cc2)nc1Cl. The number of halogens is 4. The van der Waals surface area contributed by atoms with Gasteiger partial charge in [0.1, 0.15) is 16.7 Å². The molecule has 0 atom stereocenters. The van der Waals surface area contributed by atoms with Crippen molar-refractivity contribution in [3.63, 3.8) is 0 Å². The van der Waals surface area contributed by atoms with E-state index in [1.165, 1.54) is 24.3 Å². The Hall–Kier alpha value is -2.48. The standard InChI is InChI=1S/C15H11ClF3NO4/c1-2-22-14(21)11-7-8-12(20-13(11)16)23-9-3-5-10(6-4-9)24-15(17,18)19/h3-8H,2H2,1H3. The van der Waals surface area contributed by atoms with Crippen LogP contribution in [0.4, 0.5) is 13.2 Å². The first-order valence-corrected chi connectivity index (χ1v) is 7.03. The molecule has 0 amide bonds. The highest BCUT2D eigenvalue weighted by molar-refractivity contribution is 6.32. The fraction of sp³-hybridized carbons (Fsp3) is 0.200. The van der Waals surface area contributed by atoms with Crippen LogP contribution < -0.4 is 9.47 Å². The molecule has 0 bridgehead atoms. The molecule has 0 N–H and O–H groups in total. The Bertz CT molecular complexity index is 720. The number of aromatic nitrogens is 1. The van der Waals surface area contributed by atoms with E-state index < -0.39 is 12.3 Å². The second-order valence-electron chi connectivity index (χ2n) is 4.33. The Balaban J connectivity index is 2.08. The minimum absolute atomic E-state index is 0.0672. The Kier molecular flexibility index (Phi) is 5.50. The molecule has 0 saturated heterocycles. The highest BCUT2D eigenvalue weighted by atomic mass is 35.5. The van der Waals surface area contributed by atoms with Crippen molar-refractivity contribution in [3.05, 3.63) is 47.1 Å². The molecule has 2 aromatic rings. The van der Waals surface area contributed by atoms with Crippen molar-refractivity contribution in [2.75, 3.05) is 6.61 Å². The van der Waals surface area contributed by atoms with Gasteiger partial charge in [-0.05, 0) is 37.3 Å². The number of benzene rings is 1. The summed E-state index contributed by atoms with van der Waals surface area (Å²) in [5, 5.41) is -0.108. The zero-order valence-corrected chi connectivity index (χ0v) is 13.0. The summed E-state index contributed by atoms with van der Waals surface area (Å²) < 4.78 is 50.1. The molecule has 5 nitrogen and oxygen atoms in total. The van der Waals surface area contributed by atoms with E-state index in [1.54, 1.807) is 6.92 Å². The maximum Gasteiger partial charge on any atom is 0.573 e. The molecule has 0 aliphatic heterocycles. The summed E-state index contributed by atoms with van der Waals surface area (Å²) >= 11 is 5.89. The number of rotatable bonds is 5. The molecule has 1 aromatic carbocycles. The summed E-state index contributed by atoms with van der Waals surface area (Å²) in [4.78, 5) is 15.5. The Morgan fingerprint density at radius 3 is 2.29 bits per heavy atom. The van der Waals surface area contributed by atoms with Crippen LogP contribution in [0.5, 0.6) is 17.4 Å². The number of nitrogens with zero attached hydrogens (tertiary/aromatic N) is 1. The molecule has 24 heavy (non-hydrogen) atoms. The molecule has 128 valence electrons. The lowest BCUT2D eigenvalue weighted by Gasteiger charge is -2.10. The largest absolute Gasteiger partial charge is 0.573 e. The third-order valence-corrected chi connectivity index (χ3v) is 2.89. The van der Waals surface area contributed by atoms with Crippen molar-refractivity contribution in [2.24, 2.45) is 0 Å². The Labute approximate surface area is 139 Å². The summed E-state index contributed by atoms with van der Waals surface area (Å²) in [6, 6.07) is 7.50. The van der Waals surface area contributed by atoms with Crippen molar-refractivity contribution in [2.45, 2.75) is 13.3 Å². The molecule has 0 unspecified atom stereocenters. The average molecular weight is 362 g/mol. The predicted octanol–water partition coefficient (Wildman–Crippen LogP) is 4.60. The van der Waals surface area contributed by atoms with Crippen molar-refractivity contribution < 1.29 is 32.2 Å². The molecule has 1 aromatic heterocycles. The smallest absolute Gasteiger partial charge is 0.462 e. The van der Waals surface area contributed by atoms with Crippen molar-refractivity contribution in [3.8, 4) is 17.4 Å². The van der Waals surface area contributed by atoms with Gasteiger partial charge in [-0.25, -0.2) is 9.78 Å². The van der Waals surface area contributed by atoms with Gasteiger partial charge in [0, 0.05) is 6.07 Å². The molecule has 0 fully saturated rings. The Morgan fingerprint density at radius 1 is 1.12 bits per heavy atom. The molecule has 1 heterocycles. The van der Waals surface area contributed by atoms with Crippen LogP contribution in [0.1, 0.15) is 17.3 Å². The van der Waals surface area contributed by atoms with E-state index in [0.717, 1.165) is 12.1 Å². The number of esters is 1. The number of carbonyl (C=O) groups is 1. The minimum atomic E-state index is -4.76. The molecule has 0 aliphatic rings. The van der Waals surface area contributed by atoms with Gasteiger partial charge in [0.25, 0.3) is 0 Å². The summed E-state index contributed by atoms with van der Waals surface area (Å²) in [5.74, 6) is -0.705. The van der Waals surface area contributed by atoms with Gasteiger partial charge in [0.05, 0.1) is 12.2 Å². The van der Waals surface area contributed by atoms with Crippen LogP contribution in [0, 0.1) is 0 Å². The normalized spacial score (nSPS) is 11.0. The van der Waals surface area contributed by atoms with E-state index in [-0.39, 0.29) is 34.7 Å². The first-order chi connectivity index (χ1) is 11.3. The number of alkyl halides is 3. The molecule has 2 rings (SSSR count). The van der Waals surface area contributed by atoms with Crippen LogP contribution in [-0.4, -0.2) is 23.9 Å². The van der Waals surface area contributed by atoms with Crippen LogP contribution in [0.2, 0.25) is 5.15 Å². The maximum atomic E-state index is 12.1. The van der Waals surface area contributed by atoms with E-state index >= 15 is 0 Å². The van der Waals surface area contributed by atoms with Crippen LogP contribution in [-0.2, 0) is 4.74 Å². The topological polar surface area (TPSA) is 57.7 Å². The number of carbonyl (C=O) groups excluding carboxylic acids is 1. The predicted molar refractivity (Wildman–Crippen MR) is 78.4 cm³/mol. The molecular formula is C15H11ClF3NO4. The van der Waals surface area contributed by atoms with Crippen molar-refractivity contribution in [1.82, 2.24) is 4.98 Å². The zero-order valence-electron chi connectivity index (χ0n) is 12.3. The summed E-state index contributed by atoms with van der Waals surface area (Å²) in [6.07, 6.45) is -4.76. The van der Waals surface area contributed by atoms with Crippen LogP contribution in [0.25, 0.3) is 0 Å². The fourth-order valence-electron chi connectivity index (χ4n) is 1.67. The molecule has 0 saturated carbocycles. The van der Waals surface area contributed by atoms with Crippen LogP contribution in [0.3, 0.4) is 0 Å². The van der Waals surface area contributed by atoms with Gasteiger partial charge in [-0.1, -0.05) is 11.6 Å². The first kappa shape index (κ1) is 17.9. The summed E-state index contributed by atoms with van der Waals surface area (Å²) in [7, 11) is 0. The van der Waals surface area contributed by atoms with E-state index in [1.807, 2.05) is 0 Å². The number of hydrogen-bond donors (Lipinski definition) is 0. The van der Waals surface area contributed by atoms with Gasteiger partial charge in [-0.15, -0.1) is 13.2 Å². The quantitative estimate of drug-likeness (QED) is 0.575. The van der Waals surface area contributed by atoms with Gasteiger partial charge in [-0.2, -0.15) is 0 Å². The van der Waals surface area contributed by atoms with Crippen molar-refractivity contribution >= 4 is 17.6 Å². The van der Waals surface area contributed by atoms with E-state index in [0.29, 0.717) is 0 Å². The number of pyridine rings is 1. The van der Waals surface area contributed by atoms with Gasteiger partial charge < -0.3 is 14.2 Å². The lowest BCUT2D eigenvalue weighted by Crippen LogP contribution is -2.16. The lowest BCUT2D eigenvalue weighted by atomic mass is 10.3. The minimum Gasteiger partial charge on any atom is -0.462 e. The Morgan fingerprint density at radius 2 is 1.75 bits per heavy atom. The monoisotopic (exact) mass is 361 g/mol. The highest BCUT2D eigenvalue weighted by Gasteiger charge is 2.31. The molecule has 0 spiro atoms. The third-order valence-electron chi connectivity index (χ3n) is 2.60. The zero-order chi connectivity index (χ0) is 17.7. The first-order valence-electron chi connectivity index (χ1n) is 6.66. The van der Waals surface area contributed by atoms with Crippen LogP contribution >= 0.6 is 11.6 Å². The lowest BCUT2D eigenvalue weighted by molar-refractivity contribution is -0.274. The summed E-state index contributed by atoms with van der Waals surface area (Å²) in [6.45, 7) is 1.85. The molecule has 9 heteroatoms. The fourth-order valence-corrected chi connectivity index (χ4v) is 1.89. The second-order valence-corrected chi connectivity index (χ2v) is 4.69. The maximum absolute atomic E-state index is 12.1. The highest BCUT2D eigenvalue weighted by Crippen LogP contribution is 2.27. The van der Waals surface area contributed by atoms with Gasteiger partial charge in [0.15, 0.2) is 0 Å². The van der Waals surface area contributed by atoms with Gasteiger partial charge in [-0.3, -0.25) is 0 Å². The van der Waals surface area contributed by atoms with E-state index in [9.17, 15) is 18.0 Å². The number of ether oxygens (including phenoxy) is 3. The molecule has 0 radical (unpaired) electrons.